The van der Waals surface area contributed by atoms with Crippen LogP contribution in [0.2, 0.25) is 25.7 Å². The Labute approximate surface area is 232 Å². The van der Waals surface area contributed by atoms with Gasteiger partial charge in [0.15, 0.2) is 0 Å². The van der Waals surface area contributed by atoms with E-state index in [2.05, 4.69) is 81.2 Å². The molecule has 2 heterocycles. The van der Waals surface area contributed by atoms with Crippen LogP contribution in [-0.4, -0.2) is 47.0 Å². The van der Waals surface area contributed by atoms with Crippen LogP contribution < -0.4 is 5.32 Å². The topological polar surface area (TPSA) is 89.3 Å². The number of ether oxygens (including phenoxy) is 1. The minimum absolute atomic E-state index is 0.336. The largest absolute Gasteiger partial charge is 0.465 e. The lowest BCUT2D eigenvalue weighted by molar-refractivity contribution is 0.0899. The predicted molar refractivity (Wildman–Crippen MR) is 156 cm³/mol. The van der Waals surface area contributed by atoms with Crippen molar-refractivity contribution in [1.82, 2.24) is 19.9 Å². The molecule has 2 aromatic heterocycles. The van der Waals surface area contributed by atoms with E-state index >= 15 is 0 Å². The number of rotatable bonds is 9. The van der Waals surface area contributed by atoms with E-state index in [1.165, 1.54) is 11.1 Å². The van der Waals surface area contributed by atoms with E-state index in [0.29, 0.717) is 13.3 Å². The lowest BCUT2D eigenvalue weighted by Crippen LogP contribution is -2.41. The predicted octanol–water partition coefficient (Wildman–Crippen LogP) is 6.48. The van der Waals surface area contributed by atoms with E-state index in [1.807, 2.05) is 29.0 Å². The summed E-state index contributed by atoms with van der Waals surface area (Å²) in [6.45, 7) is 8.59. The Morgan fingerprint density at radius 2 is 1.95 bits per heavy atom. The maximum absolute atomic E-state index is 11.5. The van der Waals surface area contributed by atoms with Gasteiger partial charge >= 0.3 is 6.09 Å². The highest BCUT2D eigenvalue weighted by atomic mass is 79.9. The third-order valence-electron chi connectivity index (χ3n) is 7.34. The van der Waals surface area contributed by atoms with Gasteiger partial charge in [0, 0.05) is 48.3 Å². The molecule has 1 aliphatic rings. The van der Waals surface area contributed by atoms with Gasteiger partial charge in [-0.2, -0.15) is 0 Å². The van der Waals surface area contributed by atoms with Gasteiger partial charge in [-0.05, 0) is 59.8 Å². The third kappa shape index (κ3) is 5.69. The number of hydrogen-bond acceptors (Lipinski definition) is 4. The first kappa shape index (κ1) is 26.6. The van der Waals surface area contributed by atoms with Crippen LogP contribution >= 0.6 is 15.9 Å². The standard InChI is InChI=1S/C29H33BrN4O3Si/c1-38(2,3)12-11-37-19-34-10-9-25-26(32-18-33-27(25)34)20-5-4-6-23(13-20)29(17-31-28(35)36)15-21-7-8-24(30)14-22(21)16-29/h4-10,13-14,18,31H,11-12,15-17,19H2,1-3H3,(H,35,36). The van der Waals surface area contributed by atoms with E-state index in [4.69, 9.17) is 4.74 Å². The van der Waals surface area contributed by atoms with E-state index in [-0.39, 0.29) is 5.41 Å². The van der Waals surface area contributed by atoms with Crippen LogP contribution in [0.15, 0.2) is 65.5 Å². The molecule has 0 fully saturated rings. The van der Waals surface area contributed by atoms with Crippen LogP contribution in [0.3, 0.4) is 0 Å². The normalized spacial score (nSPS) is 17.1. The summed E-state index contributed by atoms with van der Waals surface area (Å²) in [7, 11) is -1.14. The van der Waals surface area contributed by atoms with E-state index < -0.39 is 14.2 Å². The van der Waals surface area contributed by atoms with Crippen molar-refractivity contribution in [2.75, 3.05) is 13.2 Å². The smallest absolute Gasteiger partial charge is 0.404 e. The number of carbonyl (C=O) groups is 1. The van der Waals surface area contributed by atoms with Crippen molar-refractivity contribution in [2.24, 2.45) is 0 Å². The second kappa shape index (κ2) is 10.6. The van der Waals surface area contributed by atoms with Crippen molar-refractivity contribution in [3.05, 3.63) is 82.2 Å². The SMILES string of the molecule is C[Si](C)(C)CCOCn1ccc2c(-c3cccc(C4(CNC(=O)O)Cc5ccc(Br)cc5C4)c3)ncnc21. The zero-order valence-electron chi connectivity index (χ0n) is 22.0. The highest BCUT2D eigenvalue weighted by molar-refractivity contribution is 9.10. The zero-order valence-corrected chi connectivity index (χ0v) is 24.6. The number of nitrogens with zero attached hydrogens (tertiary/aromatic N) is 3. The summed E-state index contributed by atoms with van der Waals surface area (Å²) in [5.41, 5.74) is 5.90. The Kier molecular flexibility index (Phi) is 7.44. The molecule has 198 valence electrons. The Hall–Kier alpha value is -3.01. The molecule has 9 heteroatoms. The molecule has 2 aromatic carbocycles. The summed E-state index contributed by atoms with van der Waals surface area (Å²) < 4.78 is 9.03. The number of hydrogen-bond donors (Lipinski definition) is 2. The van der Waals surface area contributed by atoms with Crippen LogP contribution in [0, 0.1) is 0 Å². The van der Waals surface area contributed by atoms with Gasteiger partial charge in [-0.15, -0.1) is 0 Å². The van der Waals surface area contributed by atoms with Gasteiger partial charge in [-0.3, -0.25) is 0 Å². The monoisotopic (exact) mass is 592 g/mol. The van der Waals surface area contributed by atoms with Crippen LogP contribution in [0.25, 0.3) is 22.3 Å². The number of carboxylic acid groups (broad SMARTS) is 1. The molecule has 1 atom stereocenters. The number of halogens is 1. The van der Waals surface area contributed by atoms with Crippen LogP contribution in [0.5, 0.6) is 0 Å². The van der Waals surface area contributed by atoms with Crippen LogP contribution in [0.4, 0.5) is 4.79 Å². The average molecular weight is 594 g/mol. The minimum atomic E-state index is -1.14. The van der Waals surface area contributed by atoms with Crippen molar-refractivity contribution in [3.8, 4) is 11.3 Å². The molecule has 0 bridgehead atoms. The second-order valence-corrected chi connectivity index (χ2v) is 17.9. The number of aromatic nitrogens is 3. The third-order valence-corrected chi connectivity index (χ3v) is 9.53. The van der Waals surface area contributed by atoms with E-state index in [1.54, 1.807) is 6.33 Å². The van der Waals surface area contributed by atoms with Crippen molar-refractivity contribution in [3.63, 3.8) is 0 Å². The first-order valence-corrected chi connectivity index (χ1v) is 17.4. The Morgan fingerprint density at radius 3 is 2.74 bits per heavy atom. The van der Waals surface area contributed by atoms with Gasteiger partial charge < -0.3 is 19.7 Å². The lowest BCUT2D eigenvalue weighted by Gasteiger charge is -2.30. The van der Waals surface area contributed by atoms with Gasteiger partial charge in [-0.25, -0.2) is 14.8 Å². The average Bonchev–Trinajstić information content (AvgIpc) is 3.46. The molecule has 0 spiro atoms. The van der Waals surface area contributed by atoms with Crippen molar-refractivity contribution < 1.29 is 14.6 Å². The molecule has 0 aliphatic heterocycles. The van der Waals surface area contributed by atoms with Crippen LogP contribution in [0.1, 0.15) is 16.7 Å². The number of nitrogens with one attached hydrogen (secondary N) is 1. The number of fused-ring (bicyclic) bond motifs is 2. The molecule has 0 radical (unpaired) electrons. The fourth-order valence-corrected chi connectivity index (χ4v) is 6.44. The fraction of sp³-hybridized carbons (Fsp3) is 0.345. The highest BCUT2D eigenvalue weighted by Crippen LogP contribution is 2.42. The fourth-order valence-electron chi connectivity index (χ4n) is 5.27. The molecule has 1 unspecified atom stereocenters. The summed E-state index contributed by atoms with van der Waals surface area (Å²) in [6.07, 6.45) is 4.13. The van der Waals surface area contributed by atoms with Gasteiger partial charge in [0.1, 0.15) is 18.7 Å². The molecule has 1 aliphatic carbocycles. The molecule has 5 rings (SSSR count). The van der Waals surface area contributed by atoms with E-state index in [0.717, 1.165) is 57.8 Å². The maximum Gasteiger partial charge on any atom is 0.404 e. The van der Waals surface area contributed by atoms with Gasteiger partial charge in [-0.1, -0.05) is 59.8 Å². The zero-order chi connectivity index (χ0) is 26.9. The van der Waals surface area contributed by atoms with Crippen molar-refractivity contribution in [1.29, 1.82) is 0 Å². The highest BCUT2D eigenvalue weighted by Gasteiger charge is 2.39. The summed E-state index contributed by atoms with van der Waals surface area (Å²) in [5, 5.41) is 13.1. The summed E-state index contributed by atoms with van der Waals surface area (Å²) in [4.78, 5) is 20.7. The Balaban J connectivity index is 1.46. The summed E-state index contributed by atoms with van der Waals surface area (Å²) in [6, 6.07) is 17.9. The minimum Gasteiger partial charge on any atom is -0.465 e. The molecule has 0 saturated carbocycles. The number of amides is 1. The van der Waals surface area contributed by atoms with Gasteiger partial charge in [0.25, 0.3) is 0 Å². The van der Waals surface area contributed by atoms with Crippen LogP contribution in [-0.2, 0) is 29.7 Å². The molecular weight excluding hydrogens is 560 g/mol. The van der Waals surface area contributed by atoms with E-state index in [9.17, 15) is 9.90 Å². The lowest BCUT2D eigenvalue weighted by atomic mass is 9.77. The molecule has 38 heavy (non-hydrogen) atoms. The Morgan fingerprint density at radius 1 is 1.13 bits per heavy atom. The maximum atomic E-state index is 11.5. The molecule has 1 amide bonds. The van der Waals surface area contributed by atoms with Gasteiger partial charge in [0.2, 0.25) is 0 Å². The van der Waals surface area contributed by atoms with Crippen molar-refractivity contribution in [2.45, 2.75) is 50.7 Å². The summed E-state index contributed by atoms with van der Waals surface area (Å²) in [5.74, 6) is 0. The second-order valence-electron chi connectivity index (χ2n) is 11.4. The first-order chi connectivity index (χ1) is 18.1. The quantitative estimate of drug-likeness (QED) is 0.171. The molecule has 2 N–H and O–H groups in total. The van der Waals surface area contributed by atoms with Crippen molar-refractivity contribution >= 4 is 41.1 Å². The summed E-state index contributed by atoms with van der Waals surface area (Å²) >= 11 is 3.58. The Bertz CT molecular complexity index is 1480. The number of benzene rings is 2. The molecular formula is C29H33BrN4O3Si. The molecule has 4 aromatic rings. The first-order valence-electron chi connectivity index (χ1n) is 12.9. The molecule has 7 nitrogen and oxygen atoms in total. The van der Waals surface area contributed by atoms with Gasteiger partial charge in [0.05, 0.1) is 5.69 Å². The molecule has 0 saturated heterocycles.